The molecule has 0 saturated carbocycles. The Balaban J connectivity index is 3.13. The highest BCUT2D eigenvalue weighted by molar-refractivity contribution is 7.89. The summed E-state index contributed by atoms with van der Waals surface area (Å²) < 4.78 is 25.8. The lowest BCUT2D eigenvalue weighted by molar-refractivity contribution is 0.459. The van der Waals surface area contributed by atoms with Gasteiger partial charge in [0.1, 0.15) is 4.90 Å². The number of sulfonamides is 1. The number of anilines is 1. The summed E-state index contributed by atoms with van der Waals surface area (Å²) in [5, 5.41) is 0.161. The highest BCUT2D eigenvalue weighted by Crippen LogP contribution is 2.29. The van der Waals surface area contributed by atoms with Gasteiger partial charge in [-0.1, -0.05) is 31.0 Å². The second-order valence-electron chi connectivity index (χ2n) is 3.84. The van der Waals surface area contributed by atoms with Crippen LogP contribution in [0.1, 0.15) is 19.8 Å². The van der Waals surface area contributed by atoms with E-state index < -0.39 is 10.0 Å². The quantitative estimate of drug-likeness (QED) is 0.840. The van der Waals surface area contributed by atoms with E-state index in [1.54, 1.807) is 6.07 Å². The van der Waals surface area contributed by atoms with Crippen molar-refractivity contribution < 1.29 is 8.42 Å². The second-order valence-corrected chi connectivity index (χ2v) is 6.23. The van der Waals surface area contributed by atoms with Crippen LogP contribution < -0.4 is 5.73 Å². The fraction of sp³-hybridized carbons (Fsp3) is 0.455. The van der Waals surface area contributed by atoms with Gasteiger partial charge >= 0.3 is 0 Å². The topological polar surface area (TPSA) is 63.4 Å². The van der Waals surface area contributed by atoms with Gasteiger partial charge in [-0.05, 0) is 18.6 Å². The summed E-state index contributed by atoms with van der Waals surface area (Å²) in [4.78, 5) is 0.000250. The van der Waals surface area contributed by atoms with Gasteiger partial charge < -0.3 is 5.73 Å². The predicted molar refractivity (Wildman–Crippen MR) is 70.6 cm³/mol. The van der Waals surface area contributed by atoms with E-state index in [0.717, 1.165) is 12.8 Å². The molecule has 1 rings (SSSR count). The van der Waals surface area contributed by atoms with Crippen LogP contribution in [-0.4, -0.2) is 26.3 Å². The van der Waals surface area contributed by atoms with Crippen molar-refractivity contribution in [2.24, 2.45) is 0 Å². The van der Waals surface area contributed by atoms with Crippen LogP contribution in [0.5, 0.6) is 0 Å². The van der Waals surface area contributed by atoms with Crippen molar-refractivity contribution in [2.45, 2.75) is 24.7 Å². The van der Waals surface area contributed by atoms with E-state index in [9.17, 15) is 8.42 Å². The van der Waals surface area contributed by atoms with Crippen LogP contribution in [0, 0.1) is 0 Å². The second kappa shape index (κ2) is 5.71. The molecule has 0 radical (unpaired) electrons. The lowest BCUT2D eigenvalue weighted by Gasteiger charge is -2.18. The molecule has 0 saturated heterocycles. The first kappa shape index (κ1) is 14.3. The van der Waals surface area contributed by atoms with E-state index in [2.05, 4.69) is 0 Å². The van der Waals surface area contributed by atoms with Gasteiger partial charge in [-0.2, -0.15) is 0 Å². The van der Waals surface area contributed by atoms with Crippen LogP contribution in [0.2, 0.25) is 5.02 Å². The van der Waals surface area contributed by atoms with Gasteiger partial charge in [-0.15, -0.1) is 0 Å². The molecule has 0 aliphatic rings. The summed E-state index contributed by atoms with van der Waals surface area (Å²) in [6.07, 6.45) is 1.73. The molecule has 17 heavy (non-hydrogen) atoms. The van der Waals surface area contributed by atoms with Gasteiger partial charge in [0.15, 0.2) is 0 Å². The van der Waals surface area contributed by atoms with Crippen LogP contribution in [0.3, 0.4) is 0 Å². The molecule has 0 aliphatic heterocycles. The smallest absolute Gasteiger partial charge is 0.246 e. The molecule has 0 bridgehead atoms. The number of benzene rings is 1. The third-order valence-electron chi connectivity index (χ3n) is 2.49. The van der Waals surface area contributed by atoms with E-state index in [1.165, 1.54) is 23.5 Å². The van der Waals surface area contributed by atoms with Crippen molar-refractivity contribution in [2.75, 3.05) is 19.3 Å². The van der Waals surface area contributed by atoms with Crippen LogP contribution in [0.25, 0.3) is 0 Å². The molecule has 4 nitrogen and oxygen atoms in total. The van der Waals surface area contributed by atoms with Crippen LogP contribution >= 0.6 is 11.6 Å². The molecule has 2 N–H and O–H groups in total. The van der Waals surface area contributed by atoms with Gasteiger partial charge in [0, 0.05) is 13.6 Å². The summed E-state index contributed by atoms with van der Waals surface area (Å²) in [5.41, 5.74) is 5.87. The number of nitrogens with zero attached hydrogens (tertiary/aromatic N) is 1. The minimum absolute atomic E-state index is 0.000250. The minimum atomic E-state index is -3.60. The van der Waals surface area contributed by atoms with E-state index >= 15 is 0 Å². The Kier molecular flexibility index (Phi) is 4.80. The Morgan fingerprint density at radius 3 is 2.59 bits per heavy atom. The standard InChI is InChI=1S/C11H17ClN2O2S/c1-3-4-8-14(2)17(15,16)11-9(12)6-5-7-10(11)13/h5-7H,3-4,8,13H2,1-2H3. The summed E-state index contributed by atoms with van der Waals surface area (Å²) in [6, 6.07) is 4.69. The maximum atomic E-state index is 12.2. The molecular weight excluding hydrogens is 260 g/mol. The van der Waals surface area contributed by atoms with Gasteiger partial charge in [0.05, 0.1) is 10.7 Å². The summed E-state index contributed by atoms with van der Waals surface area (Å²) in [6.45, 7) is 2.47. The Labute approximate surface area is 107 Å². The Morgan fingerprint density at radius 2 is 2.06 bits per heavy atom. The van der Waals surface area contributed by atoms with Crippen LogP contribution in [0.4, 0.5) is 5.69 Å². The Hall–Kier alpha value is -0.780. The van der Waals surface area contributed by atoms with Crippen molar-refractivity contribution in [3.8, 4) is 0 Å². The predicted octanol–water partition coefficient (Wildman–Crippen LogP) is 2.34. The van der Waals surface area contributed by atoms with Crippen molar-refractivity contribution in [1.82, 2.24) is 4.31 Å². The largest absolute Gasteiger partial charge is 0.398 e. The highest BCUT2D eigenvalue weighted by atomic mass is 35.5. The number of unbranched alkanes of at least 4 members (excludes halogenated alkanes) is 1. The first-order valence-electron chi connectivity index (χ1n) is 5.41. The molecule has 1 aromatic rings. The number of hydrogen-bond donors (Lipinski definition) is 1. The highest BCUT2D eigenvalue weighted by Gasteiger charge is 2.25. The first-order chi connectivity index (χ1) is 7.91. The number of rotatable bonds is 5. The zero-order valence-corrected chi connectivity index (χ0v) is 11.6. The van der Waals surface area contributed by atoms with Gasteiger partial charge in [-0.25, -0.2) is 12.7 Å². The number of halogens is 1. The lowest BCUT2D eigenvalue weighted by Crippen LogP contribution is -2.28. The minimum Gasteiger partial charge on any atom is -0.398 e. The van der Waals surface area contributed by atoms with Crippen molar-refractivity contribution >= 4 is 27.3 Å². The average Bonchev–Trinajstić information content (AvgIpc) is 2.25. The van der Waals surface area contributed by atoms with Crippen molar-refractivity contribution in [1.29, 1.82) is 0 Å². The third kappa shape index (κ3) is 3.12. The molecule has 1 aromatic carbocycles. The maximum absolute atomic E-state index is 12.2. The molecule has 0 heterocycles. The summed E-state index contributed by atoms with van der Waals surface area (Å²) in [7, 11) is -2.06. The Morgan fingerprint density at radius 1 is 1.41 bits per heavy atom. The van der Waals surface area contributed by atoms with E-state index in [0.29, 0.717) is 6.54 Å². The molecule has 96 valence electrons. The fourth-order valence-electron chi connectivity index (χ4n) is 1.45. The van der Waals surface area contributed by atoms with E-state index in [4.69, 9.17) is 17.3 Å². The van der Waals surface area contributed by atoms with Crippen molar-refractivity contribution in [3.05, 3.63) is 23.2 Å². The molecule has 0 aromatic heterocycles. The first-order valence-corrected chi connectivity index (χ1v) is 7.23. The molecule has 0 spiro atoms. The number of hydrogen-bond acceptors (Lipinski definition) is 3. The lowest BCUT2D eigenvalue weighted by atomic mass is 10.3. The normalized spacial score (nSPS) is 12.0. The summed E-state index contributed by atoms with van der Waals surface area (Å²) in [5.74, 6) is 0. The monoisotopic (exact) mass is 276 g/mol. The molecule has 0 aliphatic carbocycles. The molecule has 6 heteroatoms. The Bertz CT molecular complexity index is 468. The van der Waals surface area contributed by atoms with Crippen molar-refractivity contribution in [3.63, 3.8) is 0 Å². The van der Waals surface area contributed by atoms with Gasteiger partial charge in [0.25, 0.3) is 0 Å². The number of nitrogens with two attached hydrogens (primary N) is 1. The number of nitrogen functional groups attached to an aromatic ring is 1. The fourth-order valence-corrected chi connectivity index (χ4v) is 3.29. The third-order valence-corrected chi connectivity index (χ3v) is 4.89. The van der Waals surface area contributed by atoms with E-state index in [1.807, 2.05) is 6.92 Å². The molecule has 0 atom stereocenters. The molecule has 0 unspecified atom stereocenters. The average molecular weight is 277 g/mol. The molecule has 0 amide bonds. The van der Waals surface area contributed by atoms with Gasteiger partial charge in [-0.3, -0.25) is 0 Å². The van der Waals surface area contributed by atoms with Gasteiger partial charge in [0.2, 0.25) is 10.0 Å². The van der Waals surface area contributed by atoms with Crippen LogP contribution in [-0.2, 0) is 10.0 Å². The zero-order valence-electron chi connectivity index (χ0n) is 9.98. The van der Waals surface area contributed by atoms with Crippen LogP contribution in [0.15, 0.2) is 23.1 Å². The SMILES string of the molecule is CCCCN(C)S(=O)(=O)c1c(N)cccc1Cl. The van der Waals surface area contributed by atoms with E-state index in [-0.39, 0.29) is 15.6 Å². The molecule has 0 fully saturated rings. The zero-order chi connectivity index (χ0) is 13.1. The molecular formula is C11H17ClN2O2S. The summed E-state index contributed by atoms with van der Waals surface area (Å²) >= 11 is 5.91. The maximum Gasteiger partial charge on any atom is 0.246 e.